The third-order valence-corrected chi connectivity index (χ3v) is 3.11. The highest BCUT2D eigenvalue weighted by Crippen LogP contribution is 2.17. The van der Waals surface area contributed by atoms with Crippen LogP contribution < -0.4 is 15.8 Å². The van der Waals surface area contributed by atoms with Crippen molar-refractivity contribution in [1.82, 2.24) is 5.32 Å². The molecule has 0 bridgehead atoms. The number of carbonyl (C=O) groups excluding carboxylic acids is 1. The summed E-state index contributed by atoms with van der Waals surface area (Å²) in [4.78, 5) is 11.8. The maximum atomic E-state index is 11.8. The van der Waals surface area contributed by atoms with Crippen LogP contribution in [0.3, 0.4) is 0 Å². The SMILES string of the molecule is CC(C)CCNC(=O)C(C)Oc1ccc([C@@H](C)N)cc1. The predicted molar refractivity (Wildman–Crippen MR) is 81.6 cm³/mol. The minimum atomic E-state index is -0.497. The third kappa shape index (κ3) is 5.61. The average Bonchev–Trinajstić information content (AvgIpc) is 2.38. The Morgan fingerprint density at radius 1 is 1.20 bits per heavy atom. The van der Waals surface area contributed by atoms with Crippen LogP contribution in [0.1, 0.15) is 45.7 Å². The van der Waals surface area contributed by atoms with Crippen molar-refractivity contribution in [2.45, 2.75) is 46.3 Å². The van der Waals surface area contributed by atoms with Crippen molar-refractivity contribution in [3.63, 3.8) is 0 Å². The molecule has 0 aliphatic rings. The summed E-state index contributed by atoms with van der Waals surface area (Å²) in [7, 11) is 0. The van der Waals surface area contributed by atoms with Gasteiger partial charge in [-0.3, -0.25) is 4.79 Å². The lowest BCUT2D eigenvalue weighted by atomic mass is 10.1. The summed E-state index contributed by atoms with van der Waals surface area (Å²) in [5, 5.41) is 2.88. The summed E-state index contributed by atoms with van der Waals surface area (Å²) in [5.41, 5.74) is 6.84. The van der Waals surface area contributed by atoms with Crippen molar-refractivity contribution in [2.75, 3.05) is 6.54 Å². The molecule has 0 fully saturated rings. The zero-order chi connectivity index (χ0) is 15.1. The van der Waals surface area contributed by atoms with E-state index in [1.807, 2.05) is 31.2 Å². The molecule has 0 aromatic heterocycles. The number of carbonyl (C=O) groups is 1. The van der Waals surface area contributed by atoms with Gasteiger partial charge in [0.05, 0.1) is 0 Å². The standard InChI is InChI=1S/C16H26N2O2/c1-11(2)9-10-18-16(19)13(4)20-15-7-5-14(6-8-15)12(3)17/h5-8,11-13H,9-10,17H2,1-4H3,(H,18,19)/t12-,13?/m1/s1. The third-order valence-electron chi connectivity index (χ3n) is 3.11. The molecule has 0 radical (unpaired) electrons. The summed E-state index contributed by atoms with van der Waals surface area (Å²) in [6, 6.07) is 7.53. The maximum Gasteiger partial charge on any atom is 0.260 e. The molecule has 1 aromatic rings. The molecular formula is C16H26N2O2. The van der Waals surface area contributed by atoms with E-state index in [1.54, 1.807) is 6.92 Å². The van der Waals surface area contributed by atoms with Crippen LogP contribution in [0.15, 0.2) is 24.3 Å². The Kier molecular flexibility index (Phi) is 6.52. The van der Waals surface area contributed by atoms with Gasteiger partial charge in [0, 0.05) is 12.6 Å². The Morgan fingerprint density at radius 3 is 2.30 bits per heavy atom. The van der Waals surface area contributed by atoms with Gasteiger partial charge >= 0.3 is 0 Å². The fraction of sp³-hybridized carbons (Fsp3) is 0.562. The van der Waals surface area contributed by atoms with E-state index >= 15 is 0 Å². The van der Waals surface area contributed by atoms with Crippen LogP contribution in [0.4, 0.5) is 0 Å². The molecule has 0 saturated carbocycles. The van der Waals surface area contributed by atoms with Gasteiger partial charge in [0.15, 0.2) is 6.10 Å². The van der Waals surface area contributed by atoms with Gasteiger partial charge in [-0.1, -0.05) is 26.0 Å². The summed E-state index contributed by atoms with van der Waals surface area (Å²) < 4.78 is 5.62. The first-order chi connectivity index (χ1) is 9.40. The highest BCUT2D eigenvalue weighted by atomic mass is 16.5. The number of amides is 1. The van der Waals surface area contributed by atoms with E-state index in [1.165, 1.54) is 0 Å². The molecule has 20 heavy (non-hydrogen) atoms. The molecule has 4 nitrogen and oxygen atoms in total. The quantitative estimate of drug-likeness (QED) is 0.806. The second-order valence-electron chi connectivity index (χ2n) is 5.59. The normalized spacial score (nSPS) is 13.9. The van der Waals surface area contributed by atoms with Crippen molar-refractivity contribution in [1.29, 1.82) is 0 Å². The van der Waals surface area contributed by atoms with Gasteiger partial charge in [-0.05, 0) is 43.9 Å². The van der Waals surface area contributed by atoms with Crippen molar-refractivity contribution >= 4 is 5.91 Å². The van der Waals surface area contributed by atoms with E-state index in [2.05, 4.69) is 19.2 Å². The molecule has 2 atom stereocenters. The second kappa shape index (κ2) is 7.90. The Balaban J connectivity index is 2.44. The lowest BCUT2D eigenvalue weighted by molar-refractivity contribution is -0.127. The van der Waals surface area contributed by atoms with E-state index < -0.39 is 6.10 Å². The summed E-state index contributed by atoms with van der Waals surface area (Å²) in [6.07, 6.45) is 0.477. The smallest absolute Gasteiger partial charge is 0.260 e. The highest BCUT2D eigenvalue weighted by Gasteiger charge is 2.14. The molecule has 1 rings (SSSR count). The van der Waals surface area contributed by atoms with Crippen LogP contribution in [-0.2, 0) is 4.79 Å². The van der Waals surface area contributed by atoms with Gasteiger partial charge in [0.1, 0.15) is 5.75 Å². The van der Waals surface area contributed by atoms with Gasteiger partial charge < -0.3 is 15.8 Å². The molecular weight excluding hydrogens is 252 g/mol. The van der Waals surface area contributed by atoms with E-state index in [4.69, 9.17) is 10.5 Å². The first kappa shape index (κ1) is 16.5. The Morgan fingerprint density at radius 2 is 1.80 bits per heavy atom. The van der Waals surface area contributed by atoms with Crippen LogP contribution in [-0.4, -0.2) is 18.6 Å². The Labute approximate surface area is 121 Å². The molecule has 112 valence electrons. The molecule has 1 aromatic carbocycles. The average molecular weight is 278 g/mol. The number of hydrogen-bond donors (Lipinski definition) is 2. The predicted octanol–water partition coefficient (Wildman–Crippen LogP) is 2.64. The minimum Gasteiger partial charge on any atom is -0.481 e. The summed E-state index contributed by atoms with van der Waals surface area (Å²) in [5.74, 6) is 1.18. The highest BCUT2D eigenvalue weighted by molar-refractivity contribution is 5.80. The fourth-order valence-corrected chi connectivity index (χ4v) is 1.74. The van der Waals surface area contributed by atoms with Gasteiger partial charge in [-0.25, -0.2) is 0 Å². The first-order valence-corrected chi connectivity index (χ1v) is 7.20. The van der Waals surface area contributed by atoms with Crippen molar-refractivity contribution in [2.24, 2.45) is 11.7 Å². The topological polar surface area (TPSA) is 64.3 Å². The zero-order valence-corrected chi connectivity index (χ0v) is 12.8. The van der Waals surface area contributed by atoms with Crippen LogP contribution in [0.25, 0.3) is 0 Å². The molecule has 0 aliphatic heterocycles. The minimum absolute atomic E-state index is 0.000746. The molecule has 0 heterocycles. The first-order valence-electron chi connectivity index (χ1n) is 7.20. The lowest BCUT2D eigenvalue weighted by Crippen LogP contribution is -2.37. The van der Waals surface area contributed by atoms with E-state index in [0.29, 0.717) is 18.2 Å². The Bertz CT molecular complexity index is 413. The molecule has 1 unspecified atom stereocenters. The lowest BCUT2D eigenvalue weighted by Gasteiger charge is -2.16. The molecule has 3 N–H and O–H groups in total. The zero-order valence-electron chi connectivity index (χ0n) is 12.8. The van der Waals surface area contributed by atoms with Gasteiger partial charge in [-0.2, -0.15) is 0 Å². The second-order valence-corrected chi connectivity index (χ2v) is 5.59. The molecule has 0 spiro atoms. The molecule has 0 saturated heterocycles. The van der Waals surface area contributed by atoms with Crippen LogP contribution in [0.2, 0.25) is 0 Å². The number of ether oxygens (including phenoxy) is 1. The fourth-order valence-electron chi connectivity index (χ4n) is 1.74. The van der Waals surface area contributed by atoms with Crippen molar-refractivity contribution < 1.29 is 9.53 Å². The number of nitrogens with one attached hydrogen (secondary N) is 1. The van der Waals surface area contributed by atoms with Gasteiger partial charge in [0.25, 0.3) is 5.91 Å². The largest absolute Gasteiger partial charge is 0.481 e. The van der Waals surface area contributed by atoms with Crippen molar-refractivity contribution in [3.8, 4) is 5.75 Å². The maximum absolute atomic E-state index is 11.8. The monoisotopic (exact) mass is 278 g/mol. The van der Waals surface area contributed by atoms with Crippen LogP contribution in [0, 0.1) is 5.92 Å². The summed E-state index contributed by atoms with van der Waals surface area (Å²) >= 11 is 0. The van der Waals surface area contributed by atoms with Crippen LogP contribution in [0.5, 0.6) is 5.75 Å². The number of benzene rings is 1. The van der Waals surface area contributed by atoms with Gasteiger partial charge in [0.2, 0.25) is 0 Å². The number of rotatable bonds is 7. The summed E-state index contributed by atoms with van der Waals surface area (Å²) in [6.45, 7) is 8.64. The number of hydrogen-bond acceptors (Lipinski definition) is 3. The molecule has 4 heteroatoms. The molecule has 1 amide bonds. The van der Waals surface area contributed by atoms with E-state index in [-0.39, 0.29) is 11.9 Å². The van der Waals surface area contributed by atoms with Crippen molar-refractivity contribution in [3.05, 3.63) is 29.8 Å². The van der Waals surface area contributed by atoms with E-state index in [9.17, 15) is 4.79 Å². The van der Waals surface area contributed by atoms with E-state index in [0.717, 1.165) is 12.0 Å². The van der Waals surface area contributed by atoms with Crippen LogP contribution >= 0.6 is 0 Å². The molecule has 0 aliphatic carbocycles. The Hall–Kier alpha value is -1.55. The number of nitrogens with two attached hydrogens (primary N) is 1. The van der Waals surface area contributed by atoms with Gasteiger partial charge in [-0.15, -0.1) is 0 Å².